The lowest BCUT2D eigenvalue weighted by Crippen LogP contribution is -2.30. The first kappa shape index (κ1) is 12.9. The minimum Gasteiger partial charge on any atom is -0.379 e. The van der Waals surface area contributed by atoms with Crippen molar-refractivity contribution in [2.75, 3.05) is 19.8 Å². The van der Waals surface area contributed by atoms with Gasteiger partial charge in [0.15, 0.2) is 0 Å². The molecule has 0 spiro atoms. The van der Waals surface area contributed by atoms with E-state index in [1.165, 1.54) is 10.6 Å². The average Bonchev–Trinajstić information content (AvgIpc) is 2.49. The summed E-state index contributed by atoms with van der Waals surface area (Å²) in [5.41, 5.74) is 2.48. The first-order valence-electron chi connectivity index (χ1n) is 6.20. The molecule has 0 amide bonds. The second-order valence-electron chi connectivity index (χ2n) is 4.45. The Hall–Kier alpha value is -0.520. The van der Waals surface area contributed by atoms with Gasteiger partial charge in [-0.05, 0) is 19.9 Å². The molecule has 1 aromatic heterocycles. The molecule has 0 aromatic carbocycles. The molecular formula is C12H21N3OS. The normalized spacial score (nSPS) is 16.2. The summed E-state index contributed by atoms with van der Waals surface area (Å²) >= 11 is 1.90. The van der Waals surface area contributed by atoms with Gasteiger partial charge in [0.25, 0.3) is 0 Å². The summed E-state index contributed by atoms with van der Waals surface area (Å²) in [5, 5.41) is 9.87. The van der Waals surface area contributed by atoms with Gasteiger partial charge in [-0.3, -0.25) is 4.68 Å². The zero-order valence-corrected chi connectivity index (χ0v) is 11.6. The fourth-order valence-electron chi connectivity index (χ4n) is 1.86. The van der Waals surface area contributed by atoms with E-state index in [1.807, 2.05) is 23.5 Å². The summed E-state index contributed by atoms with van der Waals surface area (Å²) in [4.78, 5) is 0. The number of nitrogens with one attached hydrogen (secondary N) is 1. The lowest BCUT2D eigenvalue weighted by Gasteiger charge is -2.25. The van der Waals surface area contributed by atoms with Crippen LogP contribution in [0.4, 0.5) is 0 Å². The molecule has 5 heteroatoms. The Labute approximate surface area is 107 Å². The molecule has 2 rings (SSSR count). The van der Waals surface area contributed by atoms with Gasteiger partial charge >= 0.3 is 0 Å². The maximum Gasteiger partial charge on any atom is 0.0988 e. The number of thioether (sulfide) groups is 1. The summed E-state index contributed by atoms with van der Waals surface area (Å²) in [6.45, 7) is 8.00. The molecule has 4 nitrogen and oxygen atoms in total. The number of hydrogen-bond donors (Lipinski definition) is 1. The van der Waals surface area contributed by atoms with Gasteiger partial charge < -0.3 is 10.1 Å². The Bertz CT molecular complexity index is 374. The smallest absolute Gasteiger partial charge is 0.0988 e. The highest BCUT2D eigenvalue weighted by molar-refractivity contribution is 8.00. The van der Waals surface area contributed by atoms with Gasteiger partial charge in [-0.25, -0.2) is 0 Å². The van der Waals surface area contributed by atoms with Crippen LogP contribution in [0.1, 0.15) is 24.6 Å². The first-order chi connectivity index (χ1) is 8.22. The highest BCUT2D eigenvalue weighted by Gasteiger charge is 2.23. The van der Waals surface area contributed by atoms with Crippen LogP contribution >= 0.6 is 11.8 Å². The van der Waals surface area contributed by atoms with Crippen LogP contribution in [0.3, 0.4) is 0 Å². The van der Waals surface area contributed by atoms with Gasteiger partial charge in [-0.15, -0.1) is 0 Å². The lowest BCUT2D eigenvalue weighted by molar-refractivity contribution is 0.0454. The molecule has 0 atom stereocenters. The van der Waals surface area contributed by atoms with E-state index in [9.17, 15) is 0 Å². The summed E-state index contributed by atoms with van der Waals surface area (Å²) in [6, 6.07) is 0. The van der Waals surface area contributed by atoms with Crippen molar-refractivity contribution in [1.82, 2.24) is 15.1 Å². The Morgan fingerprint density at radius 3 is 2.88 bits per heavy atom. The summed E-state index contributed by atoms with van der Waals surface area (Å²) in [5.74, 6) is 0. The Morgan fingerprint density at radius 2 is 2.29 bits per heavy atom. The second kappa shape index (κ2) is 5.89. The van der Waals surface area contributed by atoms with Crippen LogP contribution in [-0.2, 0) is 18.3 Å². The van der Waals surface area contributed by atoms with E-state index in [1.54, 1.807) is 0 Å². The van der Waals surface area contributed by atoms with Gasteiger partial charge in [0.2, 0.25) is 0 Å². The predicted octanol–water partition coefficient (Wildman–Crippen LogP) is 1.72. The van der Waals surface area contributed by atoms with E-state index in [0.717, 1.165) is 38.4 Å². The van der Waals surface area contributed by atoms with E-state index >= 15 is 0 Å². The Balaban J connectivity index is 2.05. The third-order valence-corrected chi connectivity index (χ3v) is 4.24. The van der Waals surface area contributed by atoms with E-state index in [0.29, 0.717) is 5.25 Å². The fourth-order valence-corrected chi connectivity index (χ4v) is 3.06. The van der Waals surface area contributed by atoms with E-state index in [4.69, 9.17) is 4.74 Å². The van der Waals surface area contributed by atoms with Gasteiger partial charge in [0.1, 0.15) is 0 Å². The first-order valence-corrected chi connectivity index (χ1v) is 7.08. The summed E-state index contributed by atoms with van der Waals surface area (Å²) < 4.78 is 7.23. The Kier molecular flexibility index (Phi) is 4.48. The van der Waals surface area contributed by atoms with Crippen LogP contribution in [0, 0.1) is 6.92 Å². The highest BCUT2D eigenvalue weighted by Crippen LogP contribution is 2.31. The van der Waals surface area contributed by atoms with Crippen molar-refractivity contribution >= 4 is 11.8 Å². The lowest BCUT2D eigenvalue weighted by atomic mass is 10.2. The molecule has 1 N–H and O–H groups in total. The molecule has 1 aliphatic heterocycles. The van der Waals surface area contributed by atoms with Crippen LogP contribution in [0.15, 0.2) is 5.03 Å². The quantitative estimate of drug-likeness (QED) is 0.786. The molecular weight excluding hydrogens is 234 g/mol. The van der Waals surface area contributed by atoms with Crippen LogP contribution in [0.2, 0.25) is 0 Å². The summed E-state index contributed by atoms with van der Waals surface area (Å²) in [7, 11) is 2.03. The molecule has 1 aliphatic rings. The van der Waals surface area contributed by atoms with Gasteiger partial charge in [0, 0.05) is 19.2 Å². The number of aromatic nitrogens is 2. The molecule has 0 aliphatic carbocycles. The molecule has 17 heavy (non-hydrogen) atoms. The van der Waals surface area contributed by atoms with E-state index < -0.39 is 0 Å². The number of nitrogens with zero attached hydrogens (tertiary/aromatic N) is 2. The summed E-state index contributed by atoms with van der Waals surface area (Å²) in [6.07, 6.45) is 1.16. The number of ether oxygens (including phenoxy) is 1. The van der Waals surface area contributed by atoms with Crippen molar-refractivity contribution in [2.45, 2.75) is 37.1 Å². The maximum atomic E-state index is 5.23. The monoisotopic (exact) mass is 255 g/mol. The second-order valence-corrected chi connectivity index (χ2v) is 5.74. The third kappa shape index (κ3) is 3.03. The molecule has 0 bridgehead atoms. The molecule has 0 unspecified atom stereocenters. The minimum atomic E-state index is 0.606. The van der Waals surface area contributed by atoms with E-state index in [-0.39, 0.29) is 0 Å². The van der Waals surface area contributed by atoms with Gasteiger partial charge in [-0.2, -0.15) is 5.10 Å². The van der Waals surface area contributed by atoms with Crippen LogP contribution in [0.5, 0.6) is 0 Å². The fraction of sp³-hybridized carbons (Fsp3) is 0.750. The molecule has 0 saturated carbocycles. The largest absolute Gasteiger partial charge is 0.379 e. The number of rotatable bonds is 6. The van der Waals surface area contributed by atoms with Crippen molar-refractivity contribution in [1.29, 1.82) is 0 Å². The van der Waals surface area contributed by atoms with Crippen LogP contribution < -0.4 is 5.32 Å². The standard InChI is InChI=1S/C12H21N3OS/c1-4-5-13-6-11-9(2)14-15(3)12(11)17-10-7-16-8-10/h10,13H,4-8H2,1-3H3. The van der Waals surface area contributed by atoms with Crippen LogP contribution in [-0.4, -0.2) is 34.8 Å². The SMILES string of the molecule is CCCNCc1c(C)nn(C)c1SC1COC1. The van der Waals surface area contributed by atoms with E-state index in [2.05, 4.69) is 24.3 Å². The van der Waals surface area contributed by atoms with Crippen molar-refractivity contribution in [3.63, 3.8) is 0 Å². The number of hydrogen-bond acceptors (Lipinski definition) is 4. The molecule has 1 aromatic rings. The zero-order valence-electron chi connectivity index (χ0n) is 10.8. The third-order valence-electron chi connectivity index (χ3n) is 2.90. The molecule has 0 radical (unpaired) electrons. The predicted molar refractivity (Wildman–Crippen MR) is 70.4 cm³/mol. The van der Waals surface area contributed by atoms with Gasteiger partial charge in [0.05, 0.1) is 29.2 Å². The highest BCUT2D eigenvalue weighted by atomic mass is 32.2. The minimum absolute atomic E-state index is 0.606. The molecule has 1 fully saturated rings. The maximum absolute atomic E-state index is 5.23. The molecule has 1 saturated heterocycles. The van der Waals surface area contributed by atoms with Crippen LogP contribution in [0.25, 0.3) is 0 Å². The number of aryl methyl sites for hydroxylation is 2. The zero-order chi connectivity index (χ0) is 12.3. The molecule has 96 valence electrons. The van der Waals surface area contributed by atoms with Crippen molar-refractivity contribution in [3.05, 3.63) is 11.3 Å². The Morgan fingerprint density at radius 1 is 1.53 bits per heavy atom. The average molecular weight is 255 g/mol. The van der Waals surface area contributed by atoms with Crippen molar-refractivity contribution in [2.24, 2.45) is 7.05 Å². The topological polar surface area (TPSA) is 39.1 Å². The van der Waals surface area contributed by atoms with Crippen molar-refractivity contribution < 1.29 is 4.74 Å². The molecule has 2 heterocycles. The van der Waals surface area contributed by atoms with Crippen molar-refractivity contribution in [3.8, 4) is 0 Å². The van der Waals surface area contributed by atoms with Gasteiger partial charge in [-0.1, -0.05) is 18.7 Å².